The predicted octanol–water partition coefficient (Wildman–Crippen LogP) is 2.43. The van der Waals surface area contributed by atoms with Gasteiger partial charge in [-0.1, -0.05) is 12.1 Å². The van der Waals surface area contributed by atoms with Crippen LogP contribution in [0, 0.1) is 0 Å². The van der Waals surface area contributed by atoms with Crippen LogP contribution in [0.3, 0.4) is 0 Å². The number of nitrogens with one attached hydrogen (secondary N) is 1. The van der Waals surface area contributed by atoms with Gasteiger partial charge in [-0.2, -0.15) is 4.98 Å². The van der Waals surface area contributed by atoms with Crippen LogP contribution >= 0.6 is 0 Å². The molecule has 0 saturated carbocycles. The van der Waals surface area contributed by atoms with E-state index in [9.17, 15) is 0 Å². The molecule has 0 saturated heterocycles. The first kappa shape index (κ1) is 14.3. The summed E-state index contributed by atoms with van der Waals surface area (Å²) in [6.45, 7) is 3.54. The lowest BCUT2D eigenvalue weighted by molar-refractivity contribution is 0.759. The van der Waals surface area contributed by atoms with E-state index >= 15 is 0 Å². The van der Waals surface area contributed by atoms with Crippen LogP contribution in [0.4, 0.5) is 11.8 Å². The summed E-state index contributed by atoms with van der Waals surface area (Å²) < 4.78 is 2.11. The maximum atomic E-state index is 4.69. The lowest BCUT2D eigenvalue weighted by Gasteiger charge is -2.17. The SMILES string of the molecule is CCNc1ccnc(N(C)Cc2nc3ccccc3n2C)n1. The Bertz CT molecular complexity index is 779. The van der Waals surface area contributed by atoms with Crippen molar-refractivity contribution in [2.75, 3.05) is 23.8 Å². The number of para-hydroxylation sites is 2. The lowest BCUT2D eigenvalue weighted by atomic mass is 10.3. The molecular formula is C16H20N6. The maximum absolute atomic E-state index is 4.69. The van der Waals surface area contributed by atoms with E-state index in [-0.39, 0.29) is 0 Å². The molecule has 6 nitrogen and oxygen atoms in total. The number of aryl methyl sites for hydroxylation is 1. The summed E-state index contributed by atoms with van der Waals surface area (Å²) in [5, 5.41) is 3.20. The van der Waals surface area contributed by atoms with Gasteiger partial charge in [0.15, 0.2) is 0 Å². The standard InChI is InChI=1S/C16H20N6/c1-4-17-14-9-10-18-16(20-14)21(2)11-15-19-12-7-5-6-8-13(12)22(15)3/h5-10H,4,11H2,1-3H3,(H,17,18,20). The first-order chi connectivity index (χ1) is 10.7. The molecule has 3 rings (SSSR count). The molecule has 0 radical (unpaired) electrons. The summed E-state index contributed by atoms with van der Waals surface area (Å²) in [6.07, 6.45) is 1.77. The molecule has 1 N–H and O–H groups in total. The highest BCUT2D eigenvalue weighted by atomic mass is 15.3. The average molecular weight is 296 g/mol. The summed E-state index contributed by atoms with van der Waals surface area (Å²) in [7, 11) is 4.01. The molecule has 0 amide bonds. The Kier molecular flexibility index (Phi) is 3.91. The van der Waals surface area contributed by atoms with E-state index in [1.54, 1.807) is 6.20 Å². The Balaban J connectivity index is 1.85. The number of imidazole rings is 1. The van der Waals surface area contributed by atoms with Crippen molar-refractivity contribution in [3.05, 3.63) is 42.4 Å². The zero-order valence-corrected chi connectivity index (χ0v) is 13.1. The molecule has 1 aromatic carbocycles. The van der Waals surface area contributed by atoms with Crippen LogP contribution in [-0.4, -0.2) is 33.1 Å². The molecule has 0 fully saturated rings. The van der Waals surface area contributed by atoms with E-state index in [0.717, 1.165) is 29.2 Å². The van der Waals surface area contributed by atoms with Gasteiger partial charge in [0.25, 0.3) is 0 Å². The van der Waals surface area contributed by atoms with Gasteiger partial charge in [-0.25, -0.2) is 9.97 Å². The third-order valence-corrected chi connectivity index (χ3v) is 3.60. The van der Waals surface area contributed by atoms with Crippen molar-refractivity contribution in [3.63, 3.8) is 0 Å². The van der Waals surface area contributed by atoms with Crippen LogP contribution < -0.4 is 10.2 Å². The molecule has 6 heteroatoms. The smallest absolute Gasteiger partial charge is 0.227 e. The summed E-state index contributed by atoms with van der Waals surface area (Å²) >= 11 is 0. The molecule has 0 bridgehead atoms. The molecule has 0 aliphatic carbocycles. The Labute approximate surface area is 129 Å². The second kappa shape index (κ2) is 6.01. The highest BCUT2D eigenvalue weighted by molar-refractivity contribution is 5.75. The Morgan fingerprint density at radius 3 is 2.77 bits per heavy atom. The molecule has 3 aromatic rings. The maximum Gasteiger partial charge on any atom is 0.227 e. The van der Waals surface area contributed by atoms with Crippen molar-refractivity contribution < 1.29 is 0 Å². The molecule has 2 heterocycles. The molecule has 0 unspecified atom stereocenters. The number of nitrogens with zero attached hydrogens (tertiary/aromatic N) is 5. The Hall–Kier alpha value is -2.63. The van der Waals surface area contributed by atoms with E-state index in [4.69, 9.17) is 0 Å². The average Bonchev–Trinajstić information content (AvgIpc) is 2.85. The quantitative estimate of drug-likeness (QED) is 0.783. The van der Waals surface area contributed by atoms with E-state index < -0.39 is 0 Å². The molecule has 0 aliphatic heterocycles. The summed E-state index contributed by atoms with van der Waals surface area (Å²) in [5.41, 5.74) is 2.14. The second-order valence-electron chi connectivity index (χ2n) is 5.20. The van der Waals surface area contributed by atoms with E-state index in [1.165, 1.54) is 0 Å². The zero-order chi connectivity index (χ0) is 15.5. The van der Waals surface area contributed by atoms with Gasteiger partial charge in [0.05, 0.1) is 17.6 Å². The van der Waals surface area contributed by atoms with Gasteiger partial charge in [-0.15, -0.1) is 0 Å². The van der Waals surface area contributed by atoms with Crippen LogP contribution in [0.5, 0.6) is 0 Å². The largest absolute Gasteiger partial charge is 0.370 e. The molecule has 0 aliphatic rings. The number of benzene rings is 1. The minimum absolute atomic E-state index is 0.654. The molecule has 22 heavy (non-hydrogen) atoms. The predicted molar refractivity (Wildman–Crippen MR) is 89.0 cm³/mol. The van der Waals surface area contributed by atoms with Crippen molar-refractivity contribution in [3.8, 4) is 0 Å². The van der Waals surface area contributed by atoms with Crippen molar-refractivity contribution in [1.82, 2.24) is 19.5 Å². The van der Waals surface area contributed by atoms with Gasteiger partial charge in [0.1, 0.15) is 11.6 Å². The van der Waals surface area contributed by atoms with Gasteiger partial charge in [-0.05, 0) is 25.1 Å². The molecular weight excluding hydrogens is 276 g/mol. The van der Waals surface area contributed by atoms with Crippen LogP contribution in [-0.2, 0) is 13.6 Å². The molecule has 114 valence electrons. The van der Waals surface area contributed by atoms with Crippen LogP contribution in [0.15, 0.2) is 36.5 Å². The number of hydrogen-bond acceptors (Lipinski definition) is 5. The fourth-order valence-electron chi connectivity index (χ4n) is 2.43. The van der Waals surface area contributed by atoms with Gasteiger partial charge in [0.2, 0.25) is 5.95 Å². The van der Waals surface area contributed by atoms with Crippen LogP contribution in [0.1, 0.15) is 12.7 Å². The highest BCUT2D eigenvalue weighted by Gasteiger charge is 2.12. The first-order valence-corrected chi connectivity index (χ1v) is 7.37. The highest BCUT2D eigenvalue weighted by Crippen LogP contribution is 2.17. The summed E-state index contributed by atoms with van der Waals surface area (Å²) in [5.74, 6) is 2.51. The Morgan fingerprint density at radius 1 is 1.18 bits per heavy atom. The third kappa shape index (κ3) is 2.72. The molecule has 0 atom stereocenters. The van der Waals surface area contributed by atoms with Gasteiger partial charge < -0.3 is 14.8 Å². The number of aromatic nitrogens is 4. The van der Waals surface area contributed by atoms with Gasteiger partial charge in [0, 0.05) is 26.8 Å². The lowest BCUT2D eigenvalue weighted by Crippen LogP contribution is -2.21. The molecule has 2 aromatic heterocycles. The molecule has 0 spiro atoms. The number of anilines is 2. The minimum Gasteiger partial charge on any atom is -0.370 e. The second-order valence-corrected chi connectivity index (χ2v) is 5.20. The fourth-order valence-corrected chi connectivity index (χ4v) is 2.43. The summed E-state index contributed by atoms with van der Waals surface area (Å²) in [6, 6.07) is 10.0. The van der Waals surface area contributed by atoms with E-state index in [2.05, 4.69) is 30.9 Å². The minimum atomic E-state index is 0.654. The number of fused-ring (bicyclic) bond motifs is 1. The van der Waals surface area contributed by atoms with Crippen molar-refractivity contribution in [2.45, 2.75) is 13.5 Å². The van der Waals surface area contributed by atoms with Crippen LogP contribution in [0.2, 0.25) is 0 Å². The Morgan fingerprint density at radius 2 is 2.00 bits per heavy atom. The monoisotopic (exact) mass is 296 g/mol. The summed E-state index contributed by atoms with van der Waals surface area (Å²) in [4.78, 5) is 15.5. The number of rotatable bonds is 5. The van der Waals surface area contributed by atoms with Crippen LogP contribution in [0.25, 0.3) is 11.0 Å². The van der Waals surface area contributed by atoms with E-state index in [0.29, 0.717) is 12.5 Å². The van der Waals surface area contributed by atoms with Crippen molar-refractivity contribution in [1.29, 1.82) is 0 Å². The van der Waals surface area contributed by atoms with Gasteiger partial charge in [-0.3, -0.25) is 0 Å². The van der Waals surface area contributed by atoms with Crippen molar-refractivity contribution in [2.24, 2.45) is 7.05 Å². The normalized spacial score (nSPS) is 10.9. The zero-order valence-electron chi connectivity index (χ0n) is 13.1. The van der Waals surface area contributed by atoms with Crippen molar-refractivity contribution >= 4 is 22.8 Å². The third-order valence-electron chi connectivity index (χ3n) is 3.60. The van der Waals surface area contributed by atoms with E-state index in [1.807, 2.05) is 50.2 Å². The van der Waals surface area contributed by atoms with Gasteiger partial charge >= 0.3 is 0 Å². The fraction of sp³-hybridized carbons (Fsp3) is 0.312. The topological polar surface area (TPSA) is 58.9 Å². The number of hydrogen-bond donors (Lipinski definition) is 1. The first-order valence-electron chi connectivity index (χ1n) is 7.37.